The minimum Gasteiger partial charge on any atom is -0.271 e. The second-order valence-electron chi connectivity index (χ2n) is 4.82. The summed E-state index contributed by atoms with van der Waals surface area (Å²) in [6.45, 7) is 0. The second-order valence-corrected chi connectivity index (χ2v) is 5.70. The molecule has 2 nitrogen and oxygen atoms in total. The van der Waals surface area contributed by atoms with E-state index >= 15 is 0 Å². The van der Waals surface area contributed by atoms with Gasteiger partial charge in [-0.05, 0) is 42.7 Å². The topological polar surface area (TPSA) is 38.0 Å². The number of rotatable bonds is 4. The molecule has 1 aromatic rings. The van der Waals surface area contributed by atoms with Gasteiger partial charge in [0, 0.05) is 10.9 Å². The zero-order chi connectivity index (χ0) is 12.1. The number of hydrogen-bond acceptors (Lipinski definition) is 3. The van der Waals surface area contributed by atoms with Crippen LogP contribution < -0.4 is 11.3 Å². The molecule has 1 unspecified atom stereocenters. The van der Waals surface area contributed by atoms with Gasteiger partial charge in [-0.2, -0.15) is 0 Å². The Morgan fingerprint density at radius 3 is 2.35 bits per heavy atom. The summed E-state index contributed by atoms with van der Waals surface area (Å²) in [5.41, 5.74) is 4.35. The standard InChI is InChI=1S/C14H22N2S/c1-17-13-9-7-12(8-10-13)14(16-15)11-5-3-2-4-6-11/h7-11,14,16H,2-6,15H2,1H3. The van der Waals surface area contributed by atoms with Crippen molar-refractivity contribution in [3.8, 4) is 0 Å². The van der Waals surface area contributed by atoms with E-state index < -0.39 is 0 Å². The Labute approximate surface area is 108 Å². The third-order valence-electron chi connectivity index (χ3n) is 3.78. The molecule has 1 atom stereocenters. The number of hydrogen-bond donors (Lipinski definition) is 2. The molecular weight excluding hydrogens is 228 g/mol. The highest BCUT2D eigenvalue weighted by molar-refractivity contribution is 7.98. The van der Waals surface area contributed by atoms with Crippen LogP contribution in [-0.4, -0.2) is 6.26 Å². The molecule has 0 saturated heterocycles. The van der Waals surface area contributed by atoms with Gasteiger partial charge in [0.15, 0.2) is 0 Å². The first-order chi connectivity index (χ1) is 8.35. The van der Waals surface area contributed by atoms with Crippen molar-refractivity contribution in [3.63, 3.8) is 0 Å². The Morgan fingerprint density at radius 2 is 1.82 bits per heavy atom. The monoisotopic (exact) mass is 250 g/mol. The predicted octanol–water partition coefficient (Wildman–Crippen LogP) is 3.49. The lowest BCUT2D eigenvalue weighted by molar-refractivity contribution is 0.273. The van der Waals surface area contributed by atoms with Crippen molar-refractivity contribution in [1.82, 2.24) is 5.43 Å². The molecule has 3 heteroatoms. The maximum atomic E-state index is 5.75. The van der Waals surface area contributed by atoms with Crippen LogP contribution in [-0.2, 0) is 0 Å². The van der Waals surface area contributed by atoms with Crippen molar-refractivity contribution in [2.75, 3.05) is 6.26 Å². The van der Waals surface area contributed by atoms with E-state index in [1.54, 1.807) is 11.8 Å². The highest BCUT2D eigenvalue weighted by Gasteiger charge is 2.23. The number of nitrogens with two attached hydrogens (primary N) is 1. The van der Waals surface area contributed by atoms with Crippen LogP contribution in [0.2, 0.25) is 0 Å². The first-order valence-electron chi connectivity index (χ1n) is 6.45. The molecule has 2 rings (SSSR count). The van der Waals surface area contributed by atoms with Crippen LogP contribution in [0.3, 0.4) is 0 Å². The predicted molar refractivity (Wildman–Crippen MR) is 74.9 cm³/mol. The summed E-state index contributed by atoms with van der Waals surface area (Å²) < 4.78 is 0. The molecule has 1 aromatic carbocycles. The van der Waals surface area contributed by atoms with Gasteiger partial charge in [-0.25, -0.2) is 0 Å². The van der Waals surface area contributed by atoms with E-state index in [1.165, 1.54) is 42.6 Å². The molecule has 94 valence electrons. The summed E-state index contributed by atoms with van der Waals surface area (Å²) in [7, 11) is 0. The van der Waals surface area contributed by atoms with E-state index in [0.29, 0.717) is 12.0 Å². The average molecular weight is 250 g/mol. The fourth-order valence-corrected chi connectivity index (χ4v) is 3.19. The van der Waals surface area contributed by atoms with Gasteiger partial charge in [0.1, 0.15) is 0 Å². The highest BCUT2D eigenvalue weighted by Crippen LogP contribution is 2.34. The molecule has 0 amide bonds. The van der Waals surface area contributed by atoms with Crippen molar-refractivity contribution in [3.05, 3.63) is 29.8 Å². The maximum absolute atomic E-state index is 5.75. The van der Waals surface area contributed by atoms with E-state index in [4.69, 9.17) is 5.84 Å². The molecule has 0 radical (unpaired) electrons. The third kappa shape index (κ3) is 3.24. The maximum Gasteiger partial charge on any atom is 0.0488 e. The van der Waals surface area contributed by atoms with Crippen molar-refractivity contribution in [1.29, 1.82) is 0 Å². The molecule has 0 heterocycles. The molecule has 0 aliphatic heterocycles. The smallest absolute Gasteiger partial charge is 0.0488 e. The average Bonchev–Trinajstić information content (AvgIpc) is 2.42. The summed E-state index contributed by atoms with van der Waals surface area (Å²) in [5, 5.41) is 0. The lowest BCUT2D eigenvalue weighted by atomic mass is 9.81. The van der Waals surface area contributed by atoms with E-state index in [0.717, 1.165) is 0 Å². The van der Waals surface area contributed by atoms with E-state index in [2.05, 4.69) is 35.9 Å². The van der Waals surface area contributed by atoms with Crippen molar-refractivity contribution < 1.29 is 0 Å². The summed E-state index contributed by atoms with van der Waals surface area (Å²) in [6.07, 6.45) is 8.81. The quantitative estimate of drug-likeness (QED) is 0.488. The van der Waals surface area contributed by atoms with Crippen molar-refractivity contribution >= 4 is 11.8 Å². The number of nitrogens with one attached hydrogen (secondary N) is 1. The molecule has 0 aromatic heterocycles. The summed E-state index contributed by atoms with van der Waals surface area (Å²) >= 11 is 1.78. The van der Waals surface area contributed by atoms with Gasteiger partial charge in [0.2, 0.25) is 0 Å². The molecule has 1 aliphatic carbocycles. The lowest BCUT2D eigenvalue weighted by Crippen LogP contribution is -2.34. The van der Waals surface area contributed by atoms with Gasteiger partial charge < -0.3 is 0 Å². The Bertz CT molecular complexity index is 331. The fourth-order valence-electron chi connectivity index (χ4n) is 2.78. The van der Waals surface area contributed by atoms with Gasteiger partial charge in [-0.15, -0.1) is 11.8 Å². The van der Waals surface area contributed by atoms with E-state index in [-0.39, 0.29) is 0 Å². The number of benzene rings is 1. The van der Waals surface area contributed by atoms with Gasteiger partial charge in [-0.3, -0.25) is 11.3 Å². The van der Waals surface area contributed by atoms with Crippen LogP contribution in [0.5, 0.6) is 0 Å². The SMILES string of the molecule is CSc1ccc(C(NN)C2CCCCC2)cc1. The van der Waals surface area contributed by atoms with Gasteiger partial charge in [0.05, 0.1) is 0 Å². The van der Waals surface area contributed by atoms with Crippen molar-refractivity contribution in [2.45, 2.75) is 43.0 Å². The van der Waals surface area contributed by atoms with Crippen LogP contribution in [0.15, 0.2) is 29.2 Å². The van der Waals surface area contributed by atoms with Gasteiger partial charge >= 0.3 is 0 Å². The van der Waals surface area contributed by atoms with Gasteiger partial charge in [-0.1, -0.05) is 31.4 Å². The van der Waals surface area contributed by atoms with Crippen LogP contribution in [0.25, 0.3) is 0 Å². The minimum absolute atomic E-state index is 0.325. The molecule has 1 aliphatic rings. The van der Waals surface area contributed by atoms with Crippen LogP contribution in [0.1, 0.15) is 43.7 Å². The largest absolute Gasteiger partial charge is 0.271 e. The van der Waals surface area contributed by atoms with Crippen LogP contribution in [0, 0.1) is 5.92 Å². The Morgan fingerprint density at radius 1 is 1.18 bits per heavy atom. The summed E-state index contributed by atoms with van der Waals surface area (Å²) in [5.74, 6) is 6.45. The zero-order valence-electron chi connectivity index (χ0n) is 10.5. The van der Waals surface area contributed by atoms with Crippen LogP contribution >= 0.6 is 11.8 Å². The molecule has 1 fully saturated rings. The Balaban J connectivity index is 2.10. The zero-order valence-corrected chi connectivity index (χ0v) is 11.3. The van der Waals surface area contributed by atoms with Crippen molar-refractivity contribution in [2.24, 2.45) is 11.8 Å². The molecule has 17 heavy (non-hydrogen) atoms. The normalized spacial score (nSPS) is 19.2. The van der Waals surface area contributed by atoms with E-state index in [9.17, 15) is 0 Å². The first-order valence-corrected chi connectivity index (χ1v) is 7.67. The number of thioether (sulfide) groups is 1. The van der Waals surface area contributed by atoms with Gasteiger partial charge in [0.25, 0.3) is 0 Å². The lowest BCUT2D eigenvalue weighted by Gasteiger charge is -2.30. The number of hydrazine groups is 1. The first kappa shape index (κ1) is 12.9. The molecule has 3 N–H and O–H groups in total. The summed E-state index contributed by atoms with van der Waals surface area (Å²) in [6, 6.07) is 9.13. The second kappa shape index (κ2) is 6.43. The molecule has 1 saturated carbocycles. The Hall–Kier alpha value is -0.510. The third-order valence-corrected chi connectivity index (χ3v) is 4.52. The highest BCUT2D eigenvalue weighted by atomic mass is 32.2. The molecule has 0 spiro atoms. The van der Waals surface area contributed by atoms with E-state index in [1.807, 2.05) is 0 Å². The Kier molecular flexibility index (Phi) is 4.89. The summed E-state index contributed by atoms with van der Waals surface area (Å²) in [4.78, 5) is 1.31. The minimum atomic E-state index is 0.325. The molecule has 0 bridgehead atoms. The molecular formula is C14H22N2S. The van der Waals surface area contributed by atoms with Crippen LogP contribution in [0.4, 0.5) is 0 Å². The fraction of sp³-hybridized carbons (Fsp3) is 0.571.